The van der Waals surface area contributed by atoms with Gasteiger partial charge < -0.3 is 76.1 Å². The van der Waals surface area contributed by atoms with E-state index in [-0.39, 0.29) is 131 Å². The van der Waals surface area contributed by atoms with Crippen LogP contribution >= 0.6 is 35.3 Å². The lowest BCUT2D eigenvalue weighted by Gasteiger charge is -2.17. The molecule has 108 heavy (non-hydrogen) atoms. The smallest absolute Gasteiger partial charge is 0.191 e. The average Bonchev–Trinajstić information content (AvgIpc) is 1.50. The van der Waals surface area contributed by atoms with Crippen LogP contribution in [-0.4, -0.2) is 250 Å². The van der Waals surface area contributed by atoms with E-state index < -0.39 is 165 Å². The zero-order valence-electron chi connectivity index (χ0n) is 86.0. The van der Waals surface area contributed by atoms with Gasteiger partial charge in [-0.2, -0.15) is 0 Å². The predicted molar refractivity (Wildman–Crippen MR) is 398 cm³/mol. The Morgan fingerprint density at radius 2 is 0.796 bits per heavy atom. The summed E-state index contributed by atoms with van der Waals surface area (Å²) in [7, 11) is 0. The van der Waals surface area contributed by atoms with Gasteiger partial charge in [0.05, 0.1) is 97.8 Å². The second kappa shape index (κ2) is 35.1. The lowest BCUT2D eigenvalue weighted by atomic mass is 10.1. The van der Waals surface area contributed by atoms with E-state index in [2.05, 4.69) is 76.8 Å². The first kappa shape index (κ1) is 50.7. The highest BCUT2D eigenvalue weighted by Gasteiger charge is 2.49. The Bertz CT molecular complexity index is 6100. The molecule has 0 aliphatic heterocycles. The Labute approximate surface area is 672 Å². The Morgan fingerprint density at radius 3 is 1.09 bits per heavy atom. The van der Waals surface area contributed by atoms with Crippen LogP contribution in [0.4, 0.5) is 30.6 Å². The molecule has 0 unspecified atom stereocenters. The van der Waals surface area contributed by atoms with Crippen LogP contribution in [0.1, 0.15) is 186 Å². The van der Waals surface area contributed by atoms with Crippen LogP contribution in [-0.2, 0) is 14.2 Å². The van der Waals surface area contributed by atoms with Crippen molar-refractivity contribution in [3.05, 3.63) is 105 Å². The first-order valence-corrected chi connectivity index (χ1v) is 36.0. The molecule has 6 aliphatic carbocycles. The number of halogens is 3. The van der Waals surface area contributed by atoms with Gasteiger partial charge in [-0.1, -0.05) is 108 Å². The maximum Gasteiger partial charge on any atom is 0.191 e. The summed E-state index contributed by atoms with van der Waals surface area (Å²) < 4.78 is 293. The summed E-state index contributed by atoms with van der Waals surface area (Å²) >= 11 is 1.71. The number of anilines is 3. The first-order valence-electron chi connectivity index (χ1n) is 47.6. The zero-order valence-corrected chi connectivity index (χ0v) is 60.5. The molecule has 12 N–H and O–H groups in total. The minimum atomic E-state index is -4.10. The summed E-state index contributed by atoms with van der Waals surface area (Å²) in [6.45, 7) is -1.36. The molecule has 6 heterocycles. The third-order valence-corrected chi connectivity index (χ3v) is 19.5. The van der Waals surface area contributed by atoms with Crippen molar-refractivity contribution in [2.45, 2.75) is 223 Å². The summed E-state index contributed by atoms with van der Waals surface area (Å²) in [6.07, 6.45) is -44.6. The summed E-state index contributed by atoms with van der Waals surface area (Å²) in [6, 6.07) is 2.67. The largest absolute Gasteiger partial charge is 0.394 e. The van der Waals surface area contributed by atoms with Crippen LogP contribution in [0, 0.1) is 38.2 Å². The lowest BCUT2D eigenvalue weighted by Crippen LogP contribution is -2.33. The minimum absolute atomic E-state index is 0.00212. The number of ether oxygens (including phenoxy) is 3. The van der Waals surface area contributed by atoms with Crippen molar-refractivity contribution in [3.8, 4) is 0 Å². The molecule has 15 rings (SSSR count). The van der Waals surface area contributed by atoms with Crippen molar-refractivity contribution in [1.29, 1.82) is 0 Å². The van der Waals surface area contributed by atoms with Crippen molar-refractivity contribution in [2.75, 3.05) is 72.6 Å². The maximum atomic E-state index is 14.2. The fraction of sp³-hybridized carbons (Fsp3) is 0.583. The number of aromatic nitrogens is 15. The van der Waals surface area contributed by atoms with Gasteiger partial charge in [-0.15, -0.1) is 15.3 Å². The van der Waals surface area contributed by atoms with E-state index in [9.17, 15) is 59.1 Å². The molecule has 0 saturated heterocycles. The first-order chi connectivity index (χ1) is 62.2. The van der Waals surface area contributed by atoms with Gasteiger partial charge in [0.1, 0.15) is 53.9 Å². The molecule has 3 aromatic carbocycles. The standard InChI is InChI=1S/3C24H31FN6O4S/c3*1-3-8-36-24-27-22(26-16-10-14(16)13-5-4-12(2)15(25)9-13)19-23(28-24)31(30-29-19)17-11-18(35-7-6-32)21(34)20(17)33/h3*4-5,9,14,16-18,20-21,32-34H,3,6-8,10-11H2,1-2H3,(H,26,27,28)/t3*14-,16+,17+,18-,20-,21+/m000/s1/i7D2,8D2,11D2,17D,18D,20D,21D;6D2,8D2,11D2,17D,18D,20D,21D;8D2,11D2,17D,18D,20D,21D. The summed E-state index contributed by atoms with van der Waals surface area (Å²) in [5, 5.41) is 126. The van der Waals surface area contributed by atoms with E-state index in [1.807, 2.05) is 0 Å². The fourth-order valence-corrected chi connectivity index (χ4v) is 13.0. The molecule has 36 heteroatoms. The van der Waals surface area contributed by atoms with Crippen LogP contribution in [0.2, 0.25) is 0 Å². The number of aliphatic hydroxyl groups excluding tert-OH is 2. The van der Waals surface area contributed by atoms with E-state index in [4.69, 9.17) is 52.6 Å². The van der Waals surface area contributed by atoms with Gasteiger partial charge in [0.15, 0.2) is 66.4 Å². The number of thioether (sulfide) groups is 3. The van der Waals surface area contributed by atoms with Crippen molar-refractivity contribution in [3.63, 3.8) is 0 Å². The molecule has 0 amide bonds. The molecule has 6 saturated carbocycles. The summed E-state index contributed by atoms with van der Waals surface area (Å²) in [5.41, 5.74) is -4.46. The monoisotopic (exact) mass is 1580 g/mol. The number of hydrogen-bond donors (Lipinski definition) is 12. The zero-order chi connectivity index (χ0) is 102. The van der Waals surface area contributed by atoms with Crippen LogP contribution in [0.5, 0.6) is 0 Å². The number of hydrogen-bond acceptors (Lipinski definition) is 30. The van der Waals surface area contributed by atoms with E-state index in [1.54, 1.807) is 77.9 Å². The SMILES string of the molecule is [2H]C([2H])(CC)Sc1nc(N[C@@H]2C[C@H]2c2ccc(C)c(F)c2)c2nnn([C@]3([2H])C([2H])([2H])[C@]([2H])(OCCO)[C@@]([2H])(O)[C@@]3([2H])O)c2n1.[2H]C([2H])(CO)O[C@@]1([2H])C([2H])([2H])[C@@]([2H])(n2nnc3c(N[C@@H]4C[C@H]4c4ccc(C)c(F)c4)nc(SC([2H])([2H])CC)nc32)[C@]([2H])(O)[C@]1([2H])O.[2H]C([2H])(O)CO[C@@]1([2H])C([2H])([2H])[C@@]([2H])(n2nnc3c(N[C@@H]4C[C@H]4c4ccc(C)c(F)c4)nc(SC([2H])([2H])CC)nc32)[C@]([2H])(O)[C@]1([2H])O. The van der Waals surface area contributed by atoms with Crippen molar-refractivity contribution >= 4 is 86.2 Å². The highest BCUT2D eigenvalue weighted by atomic mass is 32.2. The number of aliphatic hydroxyl groups is 9. The topological polar surface area (TPSA) is 415 Å². The second-order valence-corrected chi connectivity index (χ2v) is 27.2. The van der Waals surface area contributed by atoms with E-state index in [1.165, 1.54) is 18.2 Å². The number of nitrogens with one attached hydrogen (secondary N) is 3. The van der Waals surface area contributed by atoms with Crippen molar-refractivity contribution in [2.24, 2.45) is 0 Å². The number of aryl methyl sites for hydroxylation is 3. The average molecular weight is 1580 g/mol. The molecule has 0 spiro atoms. The quantitative estimate of drug-likeness (QED) is 0.0168. The molecular formula is C72H93F3N18O12S3. The molecule has 18 atom stereocenters. The van der Waals surface area contributed by atoms with Crippen LogP contribution < -0.4 is 16.0 Å². The Hall–Kier alpha value is -7.14. The molecule has 0 radical (unpaired) electrons. The van der Waals surface area contributed by atoms with E-state index in [0.717, 1.165) is 5.56 Å². The Balaban J connectivity index is 0.000000173. The van der Waals surface area contributed by atoms with Gasteiger partial charge in [-0.25, -0.2) is 57.1 Å². The molecular weight excluding hydrogens is 1460 g/mol. The van der Waals surface area contributed by atoms with Crippen LogP contribution in [0.3, 0.4) is 0 Å². The van der Waals surface area contributed by atoms with Gasteiger partial charge in [0.25, 0.3) is 0 Å². The number of rotatable bonds is 30. The highest BCUT2D eigenvalue weighted by Crippen LogP contribution is 2.48. The lowest BCUT2D eigenvalue weighted by molar-refractivity contribution is -0.0629. The van der Waals surface area contributed by atoms with Gasteiger partial charge in [-0.05, 0) is 111 Å². The predicted octanol–water partition coefficient (Wildman–Crippen LogP) is 6.55. The normalized spacial score (nSPS) is 41.6. The van der Waals surface area contributed by atoms with E-state index >= 15 is 0 Å². The molecule has 30 nitrogen and oxygen atoms in total. The molecule has 6 aliphatic rings. The van der Waals surface area contributed by atoms with Crippen molar-refractivity contribution in [1.82, 2.24) is 74.9 Å². The second-order valence-electron chi connectivity index (χ2n) is 24.6. The van der Waals surface area contributed by atoms with Gasteiger partial charge >= 0.3 is 0 Å². The van der Waals surface area contributed by atoms with Gasteiger partial charge in [0.2, 0.25) is 0 Å². The minimum Gasteiger partial charge on any atom is -0.394 e. The third-order valence-electron chi connectivity index (χ3n) is 17.2. The third kappa shape index (κ3) is 17.5. The Kier molecular flexibility index (Phi) is 16.5. The highest BCUT2D eigenvalue weighted by molar-refractivity contribution is 7.99. The number of nitrogens with zero attached hydrogens (tertiary/aromatic N) is 15. The number of fused-ring (bicyclic) bond motifs is 3. The summed E-state index contributed by atoms with van der Waals surface area (Å²) in [4.78, 5) is 25.7. The number of benzene rings is 3. The maximum absolute atomic E-state index is 14.2. The van der Waals surface area contributed by atoms with Crippen LogP contribution in [0.25, 0.3) is 33.5 Å². The van der Waals surface area contributed by atoms with Crippen LogP contribution in [0.15, 0.2) is 70.1 Å². The molecule has 6 fully saturated rings. The van der Waals surface area contributed by atoms with Crippen molar-refractivity contribution < 1.29 is 112 Å². The van der Waals surface area contributed by atoms with E-state index in [0.29, 0.717) is 87.0 Å². The molecule has 9 aromatic rings. The summed E-state index contributed by atoms with van der Waals surface area (Å²) in [5.74, 6) is -1.74. The fourth-order valence-electron chi connectivity index (χ4n) is 11.3. The Morgan fingerprint density at radius 1 is 0.472 bits per heavy atom. The van der Waals surface area contributed by atoms with Gasteiger partial charge in [-0.3, -0.25) is 0 Å². The molecule has 0 bridgehead atoms. The van der Waals surface area contributed by atoms with Gasteiger partial charge in [0, 0.05) is 88.6 Å². The molecule has 6 aromatic heterocycles. The molecule has 582 valence electrons.